The van der Waals surface area contributed by atoms with Crippen LogP contribution in [-0.2, 0) is 10.0 Å². The molecule has 2 aromatic heterocycles. The van der Waals surface area contributed by atoms with Crippen molar-refractivity contribution < 1.29 is 17.9 Å². The number of hydrogen-bond acceptors (Lipinski definition) is 7. The van der Waals surface area contributed by atoms with E-state index in [2.05, 4.69) is 20.0 Å². The molecule has 2 heterocycles. The third kappa shape index (κ3) is 4.56. The number of benzene rings is 2. The Kier molecular flexibility index (Phi) is 6.74. The van der Waals surface area contributed by atoms with Crippen LogP contribution in [0.2, 0.25) is 5.02 Å². The Morgan fingerprint density at radius 2 is 1.82 bits per heavy atom. The van der Waals surface area contributed by atoms with Crippen molar-refractivity contribution in [3.63, 3.8) is 0 Å². The Morgan fingerprint density at radius 3 is 2.56 bits per heavy atom. The maximum atomic E-state index is 12.9. The second kappa shape index (κ2) is 9.57. The van der Waals surface area contributed by atoms with Crippen molar-refractivity contribution in [1.82, 2.24) is 24.5 Å². The lowest BCUT2D eigenvalue weighted by molar-refractivity contribution is 0.306. The van der Waals surface area contributed by atoms with Gasteiger partial charge in [0.05, 0.1) is 17.0 Å². The van der Waals surface area contributed by atoms with E-state index < -0.39 is 10.0 Å². The van der Waals surface area contributed by atoms with Crippen molar-refractivity contribution in [1.29, 1.82) is 0 Å². The van der Waals surface area contributed by atoms with Crippen LogP contribution in [0.15, 0.2) is 47.4 Å². The lowest BCUT2D eigenvalue weighted by Crippen LogP contribution is -2.29. The van der Waals surface area contributed by atoms with E-state index >= 15 is 0 Å². The Hall–Kier alpha value is -3.21. The van der Waals surface area contributed by atoms with Crippen molar-refractivity contribution in [2.45, 2.75) is 25.7 Å². The number of aromatic nitrogens is 4. The molecule has 178 valence electrons. The number of rotatable bonds is 8. The highest BCUT2D eigenvalue weighted by atomic mass is 35.5. The summed E-state index contributed by atoms with van der Waals surface area (Å²) < 4.78 is 41.0. The molecule has 34 heavy (non-hydrogen) atoms. The van der Waals surface area contributed by atoms with Crippen molar-refractivity contribution in [2.24, 2.45) is 0 Å². The van der Waals surface area contributed by atoms with Gasteiger partial charge in [0.25, 0.3) is 0 Å². The maximum absolute atomic E-state index is 12.9. The van der Waals surface area contributed by atoms with Gasteiger partial charge in [-0.25, -0.2) is 13.1 Å². The summed E-state index contributed by atoms with van der Waals surface area (Å²) in [5, 5.41) is 13.2. The highest BCUT2D eigenvalue weighted by Gasteiger charge is 2.21. The molecule has 0 atom stereocenters. The van der Waals surface area contributed by atoms with Gasteiger partial charge in [0.15, 0.2) is 11.5 Å². The van der Waals surface area contributed by atoms with E-state index in [1.807, 2.05) is 32.0 Å². The van der Waals surface area contributed by atoms with E-state index in [4.69, 9.17) is 21.1 Å². The van der Waals surface area contributed by atoms with Crippen molar-refractivity contribution in [3.05, 3.63) is 64.2 Å². The fraction of sp³-hybridized carbons (Fsp3) is 0.261. The summed E-state index contributed by atoms with van der Waals surface area (Å²) in [7, 11) is -2.16. The first-order valence-corrected chi connectivity index (χ1v) is 12.3. The molecule has 0 amide bonds. The van der Waals surface area contributed by atoms with Gasteiger partial charge in [0.2, 0.25) is 15.9 Å². The number of methoxy groups -OCH3 is 1. The average molecular weight is 502 g/mol. The summed E-state index contributed by atoms with van der Waals surface area (Å²) >= 11 is 6.29. The predicted molar refractivity (Wildman–Crippen MR) is 129 cm³/mol. The zero-order chi connectivity index (χ0) is 24.5. The van der Waals surface area contributed by atoms with Gasteiger partial charge in [-0.15, -0.1) is 15.3 Å². The summed E-state index contributed by atoms with van der Waals surface area (Å²) in [6.45, 7) is 5.56. The molecule has 4 rings (SSSR count). The van der Waals surface area contributed by atoms with E-state index in [0.717, 1.165) is 11.1 Å². The van der Waals surface area contributed by atoms with Crippen LogP contribution >= 0.6 is 11.6 Å². The Labute approximate surface area is 202 Å². The molecule has 0 bridgehead atoms. The van der Waals surface area contributed by atoms with Crippen LogP contribution in [0, 0.1) is 20.8 Å². The van der Waals surface area contributed by atoms with Crippen LogP contribution in [0.25, 0.3) is 17.0 Å². The first-order chi connectivity index (χ1) is 16.2. The number of ether oxygens (including phenoxy) is 2. The molecule has 0 unspecified atom stereocenters. The van der Waals surface area contributed by atoms with E-state index in [-0.39, 0.29) is 18.0 Å². The largest absolute Gasteiger partial charge is 0.496 e. The molecule has 4 aromatic rings. The SMILES string of the molecule is COc1c(C)cc(S(=O)(=O)NCCOc2ccc3nnc(-c4ccccc4Cl)n3n2)c(C)c1C. The number of nitrogens with one attached hydrogen (secondary N) is 1. The highest BCUT2D eigenvalue weighted by Crippen LogP contribution is 2.31. The van der Waals surface area contributed by atoms with Gasteiger partial charge in [-0.05, 0) is 61.7 Å². The summed E-state index contributed by atoms with van der Waals surface area (Å²) in [6, 6.07) is 12.2. The summed E-state index contributed by atoms with van der Waals surface area (Å²) in [5.41, 5.74) is 3.41. The molecule has 2 aromatic carbocycles. The van der Waals surface area contributed by atoms with E-state index in [1.54, 1.807) is 38.3 Å². The average Bonchev–Trinajstić information content (AvgIpc) is 3.23. The number of hydrogen-bond donors (Lipinski definition) is 1. The fourth-order valence-electron chi connectivity index (χ4n) is 3.68. The topological polar surface area (TPSA) is 108 Å². The smallest absolute Gasteiger partial charge is 0.240 e. The minimum absolute atomic E-state index is 0.0607. The second-order valence-electron chi connectivity index (χ2n) is 7.67. The summed E-state index contributed by atoms with van der Waals surface area (Å²) in [4.78, 5) is 0.219. The number of halogens is 1. The summed E-state index contributed by atoms with van der Waals surface area (Å²) in [5.74, 6) is 1.46. The van der Waals surface area contributed by atoms with Crippen molar-refractivity contribution in [2.75, 3.05) is 20.3 Å². The first kappa shape index (κ1) is 23.9. The van der Waals surface area contributed by atoms with Gasteiger partial charge in [0, 0.05) is 18.2 Å². The molecular weight excluding hydrogens is 478 g/mol. The van der Waals surface area contributed by atoms with Crippen LogP contribution in [0.4, 0.5) is 0 Å². The normalized spacial score (nSPS) is 11.7. The first-order valence-electron chi connectivity index (χ1n) is 10.5. The molecule has 0 saturated carbocycles. The number of nitrogens with zero attached hydrogens (tertiary/aromatic N) is 4. The maximum Gasteiger partial charge on any atom is 0.240 e. The Bertz CT molecular complexity index is 1470. The quantitative estimate of drug-likeness (QED) is 0.366. The van der Waals surface area contributed by atoms with Crippen molar-refractivity contribution in [3.8, 4) is 23.0 Å². The lowest BCUT2D eigenvalue weighted by Gasteiger charge is -2.16. The van der Waals surface area contributed by atoms with Gasteiger partial charge in [-0.1, -0.05) is 23.7 Å². The minimum atomic E-state index is -3.73. The molecule has 0 aliphatic heterocycles. The molecule has 0 radical (unpaired) electrons. The van der Waals surface area contributed by atoms with Crippen LogP contribution in [0.3, 0.4) is 0 Å². The molecular formula is C23H24ClN5O4S. The molecule has 0 fully saturated rings. The minimum Gasteiger partial charge on any atom is -0.496 e. The standard InChI is InChI=1S/C23H24ClN5O4S/c1-14-13-19(15(2)16(3)22(14)32-4)34(30,31)25-11-12-33-21-10-9-20-26-27-23(29(20)28-21)17-7-5-6-8-18(17)24/h5-10,13,25H,11-12H2,1-4H3. The van der Waals surface area contributed by atoms with Gasteiger partial charge in [0.1, 0.15) is 12.4 Å². The van der Waals surface area contributed by atoms with Crippen molar-refractivity contribution >= 4 is 27.3 Å². The van der Waals surface area contributed by atoms with Crippen LogP contribution in [-0.4, -0.2) is 48.5 Å². The number of fused-ring (bicyclic) bond motifs is 1. The molecule has 1 N–H and O–H groups in total. The lowest BCUT2D eigenvalue weighted by atomic mass is 10.1. The second-order valence-corrected chi connectivity index (χ2v) is 9.81. The Balaban J connectivity index is 1.46. The van der Waals surface area contributed by atoms with Crippen LogP contribution in [0.1, 0.15) is 16.7 Å². The zero-order valence-electron chi connectivity index (χ0n) is 19.2. The molecule has 11 heteroatoms. The van der Waals surface area contributed by atoms with Gasteiger partial charge in [-0.3, -0.25) is 0 Å². The fourth-order valence-corrected chi connectivity index (χ4v) is 5.30. The Morgan fingerprint density at radius 1 is 1.06 bits per heavy atom. The molecule has 9 nitrogen and oxygen atoms in total. The van der Waals surface area contributed by atoms with E-state index in [0.29, 0.717) is 39.3 Å². The number of aryl methyl sites for hydroxylation is 1. The zero-order valence-corrected chi connectivity index (χ0v) is 20.7. The summed E-state index contributed by atoms with van der Waals surface area (Å²) in [6.07, 6.45) is 0. The van der Waals surface area contributed by atoms with E-state index in [9.17, 15) is 8.42 Å². The monoisotopic (exact) mass is 501 g/mol. The molecule has 0 aliphatic rings. The van der Waals surface area contributed by atoms with E-state index in [1.165, 1.54) is 4.52 Å². The van der Waals surface area contributed by atoms with Crippen LogP contribution in [0.5, 0.6) is 11.6 Å². The number of sulfonamides is 1. The third-order valence-corrected chi connectivity index (χ3v) is 7.39. The molecule has 0 saturated heterocycles. The highest BCUT2D eigenvalue weighted by molar-refractivity contribution is 7.89. The third-order valence-electron chi connectivity index (χ3n) is 5.47. The van der Waals surface area contributed by atoms with Gasteiger partial charge >= 0.3 is 0 Å². The van der Waals surface area contributed by atoms with Crippen LogP contribution < -0.4 is 14.2 Å². The molecule has 0 spiro atoms. The van der Waals surface area contributed by atoms with Gasteiger partial charge in [-0.2, -0.15) is 4.52 Å². The van der Waals surface area contributed by atoms with Gasteiger partial charge < -0.3 is 9.47 Å². The predicted octanol–water partition coefficient (Wildman–Crippen LogP) is 3.74. The molecule has 0 aliphatic carbocycles.